The first kappa shape index (κ1) is 16.6. The van der Waals surface area contributed by atoms with Crippen LogP contribution in [0.2, 0.25) is 0 Å². The molecule has 1 unspecified atom stereocenters. The molecule has 0 aliphatic carbocycles. The number of thioether (sulfide) groups is 1. The largest absolute Gasteiger partial charge is 0.481 e. The number of carboxylic acid groups (broad SMARTS) is 1. The number of carbonyl (C=O) groups is 2. The van der Waals surface area contributed by atoms with E-state index >= 15 is 0 Å². The van der Waals surface area contributed by atoms with Crippen LogP contribution in [0.25, 0.3) is 0 Å². The van der Waals surface area contributed by atoms with Crippen molar-refractivity contribution in [2.75, 3.05) is 12.3 Å². The Labute approximate surface area is 124 Å². The van der Waals surface area contributed by atoms with Crippen LogP contribution in [0.5, 0.6) is 0 Å². The van der Waals surface area contributed by atoms with Gasteiger partial charge in [-0.25, -0.2) is 0 Å². The van der Waals surface area contributed by atoms with E-state index in [1.54, 1.807) is 0 Å². The second kappa shape index (κ2) is 7.94. The standard InChI is InChI=1S/C15H21NO3S/c1-10-4-5-12(3)13(6-10)20-9-14(17)16-8-11(2)7-15(18)19/h4-6,11H,7-9H2,1-3H3,(H,16,17)(H,18,19). The number of nitrogens with one attached hydrogen (secondary N) is 1. The van der Waals surface area contributed by atoms with Crippen LogP contribution in [0.3, 0.4) is 0 Å². The van der Waals surface area contributed by atoms with Gasteiger partial charge >= 0.3 is 5.97 Å². The Kier molecular flexibility index (Phi) is 6.58. The highest BCUT2D eigenvalue weighted by molar-refractivity contribution is 8.00. The summed E-state index contributed by atoms with van der Waals surface area (Å²) in [7, 11) is 0. The zero-order chi connectivity index (χ0) is 15.1. The van der Waals surface area contributed by atoms with Gasteiger partial charge in [0.15, 0.2) is 0 Å². The molecule has 4 nitrogen and oxygen atoms in total. The minimum atomic E-state index is -0.837. The molecule has 2 N–H and O–H groups in total. The van der Waals surface area contributed by atoms with Crippen molar-refractivity contribution >= 4 is 23.6 Å². The van der Waals surface area contributed by atoms with Gasteiger partial charge < -0.3 is 10.4 Å². The fourth-order valence-electron chi connectivity index (χ4n) is 1.72. The maximum atomic E-state index is 11.7. The lowest BCUT2D eigenvalue weighted by molar-refractivity contribution is -0.138. The number of hydrogen-bond donors (Lipinski definition) is 2. The Balaban J connectivity index is 2.36. The molecule has 0 bridgehead atoms. The summed E-state index contributed by atoms with van der Waals surface area (Å²) in [5.41, 5.74) is 2.33. The summed E-state index contributed by atoms with van der Waals surface area (Å²) in [6, 6.07) is 6.16. The van der Waals surface area contributed by atoms with Crippen molar-refractivity contribution in [2.45, 2.75) is 32.1 Å². The summed E-state index contributed by atoms with van der Waals surface area (Å²) in [4.78, 5) is 23.4. The molecule has 1 amide bonds. The van der Waals surface area contributed by atoms with E-state index in [-0.39, 0.29) is 18.2 Å². The van der Waals surface area contributed by atoms with Crippen molar-refractivity contribution in [3.05, 3.63) is 29.3 Å². The van der Waals surface area contributed by atoms with Crippen LogP contribution in [-0.4, -0.2) is 29.3 Å². The van der Waals surface area contributed by atoms with Crippen LogP contribution in [0.1, 0.15) is 24.5 Å². The van der Waals surface area contributed by atoms with Gasteiger partial charge in [-0.3, -0.25) is 9.59 Å². The Hall–Kier alpha value is -1.49. The van der Waals surface area contributed by atoms with Gasteiger partial charge in [-0.05, 0) is 31.4 Å². The van der Waals surface area contributed by atoms with Gasteiger partial charge in [-0.2, -0.15) is 0 Å². The van der Waals surface area contributed by atoms with E-state index < -0.39 is 5.97 Å². The number of hydrogen-bond acceptors (Lipinski definition) is 3. The molecule has 5 heteroatoms. The molecule has 110 valence electrons. The zero-order valence-electron chi connectivity index (χ0n) is 12.1. The quantitative estimate of drug-likeness (QED) is 0.759. The third-order valence-corrected chi connectivity index (χ3v) is 4.03. The molecule has 1 aromatic rings. The third kappa shape index (κ3) is 6.10. The van der Waals surface area contributed by atoms with E-state index in [0.717, 1.165) is 10.5 Å². The molecule has 0 heterocycles. The van der Waals surface area contributed by atoms with Crippen molar-refractivity contribution < 1.29 is 14.7 Å². The normalized spacial score (nSPS) is 11.9. The molecular formula is C15H21NO3S. The molecule has 1 aromatic carbocycles. The van der Waals surface area contributed by atoms with Gasteiger partial charge in [0.25, 0.3) is 0 Å². The molecule has 0 saturated heterocycles. The topological polar surface area (TPSA) is 66.4 Å². The number of benzene rings is 1. The summed E-state index contributed by atoms with van der Waals surface area (Å²) < 4.78 is 0. The second-order valence-corrected chi connectivity index (χ2v) is 6.08. The van der Waals surface area contributed by atoms with E-state index in [1.165, 1.54) is 17.3 Å². The minimum Gasteiger partial charge on any atom is -0.481 e. The summed E-state index contributed by atoms with van der Waals surface area (Å²) in [5, 5.41) is 11.4. The maximum absolute atomic E-state index is 11.7. The van der Waals surface area contributed by atoms with Gasteiger partial charge in [0, 0.05) is 17.9 Å². The molecule has 20 heavy (non-hydrogen) atoms. The first-order valence-corrected chi connectivity index (χ1v) is 7.55. The third-order valence-electron chi connectivity index (χ3n) is 2.87. The van der Waals surface area contributed by atoms with Crippen molar-refractivity contribution in [1.29, 1.82) is 0 Å². The Morgan fingerprint density at radius 1 is 1.35 bits per heavy atom. The highest BCUT2D eigenvalue weighted by Crippen LogP contribution is 2.23. The minimum absolute atomic E-state index is 0.0536. The second-order valence-electron chi connectivity index (χ2n) is 5.06. The van der Waals surface area contributed by atoms with Crippen LogP contribution in [0, 0.1) is 19.8 Å². The molecule has 0 radical (unpaired) electrons. The molecule has 0 spiro atoms. The average Bonchev–Trinajstić information content (AvgIpc) is 2.36. The molecule has 1 atom stereocenters. The first-order chi connectivity index (χ1) is 9.38. The fraction of sp³-hybridized carbons (Fsp3) is 0.467. The fourth-order valence-corrected chi connectivity index (χ4v) is 2.67. The highest BCUT2D eigenvalue weighted by Gasteiger charge is 2.10. The number of carbonyl (C=O) groups excluding carboxylic acids is 1. The number of amides is 1. The zero-order valence-corrected chi connectivity index (χ0v) is 12.9. The first-order valence-electron chi connectivity index (χ1n) is 6.57. The monoisotopic (exact) mass is 295 g/mol. The summed E-state index contributed by atoms with van der Waals surface area (Å²) >= 11 is 1.51. The van der Waals surface area contributed by atoms with E-state index in [1.807, 2.05) is 32.9 Å². The summed E-state index contributed by atoms with van der Waals surface area (Å²) in [5.74, 6) is -0.601. The highest BCUT2D eigenvalue weighted by atomic mass is 32.2. The lowest BCUT2D eigenvalue weighted by Crippen LogP contribution is -2.30. The van der Waals surface area contributed by atoms with E-state index in [4.69, 9.17) is 5.11 Å². The molecule has 0 aliphatic rings. The molecule has 0 aromatic heterocycles. The van der Waals surface area contributed by atoms with Crippen molar-refractivity contribution in [2.24, 2.45) is 5.92 Å². The van der Waals surface area contributed by atoms with Crippen LogP contribution < -0.4 is 5.32 Å². The van der Waals surface area contributed by atoms with E-state index in [9.17, 15) is 9.59 Å². The van der Waals surface area contributed by atoms with Gasteiger partial charge in [0.05, 0.1) is 5.75 Å². The van der Waals surface area contributed by atoms with Crippen molar-refractivity contribution in [3.8, 4) is 0 Å². The van der Waals surface area contributed by atoms with Crippen LogP contribution in [0.4, 0.5) is 0 Å². The molecule has 0 aliphatic heterocycles. The lowest BCUT2D eigenvalue weighted by Gasteiger charge is -2.11. The Morgan fingerprint density at radius 3 is 2.70 bits per heavy atom. The molecule has 0 fully saturated rings. The van der Waals surface area contributed by atoms with Crippen LogP contribution in [-0.2, 0) is 9.59 Å². The number of carboxylic acids is 1. The Bertz CT molecular complexity index is 488. The number of aliphatic carboxylic acids is 1. The summed E-state index contributed by atoms with van der Waals surface area (Å²) in [6.45, 7) is 6.26. The predicted octanol–water partition coefficient (Wildman–Crippen LogP) is 2.62. The average molecular weight is 295 g/mol. The molecule has 0 saturated carbocycles. The SMILES string of the molecule is Cc1ccc(C)c(SCC(=O)NCC(C)CC(=O)O)c1. The van der Waals surface area contributed by atoms with Crippen LogP contribution >= 0.6 is 11.8 Å². The van der Waals surface area contributed by atoms with Gasteiger partial charge in [0.2, 0.25) is 5.91 Å². The van der Waals surface area contributed by atoms with E-state index in [2.05, 4.69) is 11.4 Å². The van der Waals surface area contributed by atoms with Gasteiger partial charge in [-0.1, -0.05) is 24.6 Å². The lowest BCUT2D eigenvalue weighted by atomic mass is 10.1. The van der Waals surface area contributed by atoms with Gasteiger partial charge in [-0.15, -0.1) is 11.8 Å². The smallest absolute Gasteiger partial charge is 0.303 e. The van der Waals surface area contributed by atoms with Crippen LogP contribution in [0.15, 0.2) is 23.1 Å². The van der Waals surface area contributed by atoms with Crippen molar-refractivity contribution in [3.63, 3.8) is 0 Å². The number of rotatable bonds is 7. The van der Waals surface area contributed by atoms with E-state index in [0.29, 0.717) is 12.3 Å². The number of aryl methyl sites for hydroxylation is 2. The molecule has 1 rings (SSSR count). The molecular weight excluding hydrogens is 274 g/mol. The predicted molar refractivity (Wildman–Crippen MR) is 81.1 cm³/mol. The summed E-state index contributed by atoms with van der Waals surface area (Å²) in [6.07, 6.45) is 0.0738. The van der Waals surface area contributed by atoms with Crippen molar-refractivity contribution in [1.82, 2.24) is 5.32 Å². The van der Waals surface area contributed by atoms with Gasteiger partial charge in [0.1, 0.15) is 0 Å². The Morgan fingerprint density at radius 2 is 2.05 bits per heavy atom. The maximum Gasteiger partial charge on any atom is 0.303 e.